The summed E-state index contributed by atoms with van der Waals surface area (Å²) in [6, 6.07) is 25.0. The average molecular weight is 737 g/mol. The molecule has 0 atom stereocenters. The molecule has 0 unspecified atom stereocenters. The van der Waals surface area contributed by atoms with Gasteiger partial charge in [-0.2, -0.15) is 0 Å². The summed E-state index contributed by atoms with van der Waals surface area (Å²) >= 11 is 0. The normalized spacial score (nSPS) is 15.3. The van der Waals surface area contributed by atoms with Crippen molar-refractivity contribution in [2.24, 2.45) is 0 Å². The van der Waals surface area contributed by atoms with Crippen molar-refractivity contribution >= 4 is 66.0 Å². The highest BCUT2D eigenvalue weighted by atomic mass is 32.3. The lowest BCUT2D eigenvalue weighted by atomic mass is 9.90. The molecule has 5 rings (SSSR count). The third kappa shape index (κ3) is 6.88. The number of benzene rings is 4. The fraction of sp³-hybridized carbons (Fsp3) is 0.409. The molecule has 4 aromatic carbocycles. The molecule has 0 amide bonds. The van der Waals surface area contributed by atoms with E-state index in [9.17, 15) is 8.42 Å². The molecule has 0 spiro atoms. The third-order valence-electron chi connectivity index (χ3n) is 11.6. The van der Waals surface area contributed by atoms with Crippen molar-refractivity contribution in [2.75, 3.05) is 0 Å². The molecule has 51 heavy (non-hydrogen) atoms. The Hall–Kier alpha value is -3.58. The minimum atomic E-state index is -4.30. The van der Waals surface area contributed by atoms with Gasteiger partial charge in [-0.25, -0.2) is 0 Å². The van der Waals surface area contributed by atoms with Gasteiger partial charge in [-0.05, 0) is 72.0 Å². The largest absolute Gasteiger partial charge is 0.500 e. The highest BCUT2D eigenvalue weighted by Crippen LogP contribution is 2.53. The van der Waals surface area contributed by atoms with Gasteiger partial charge in [0.2, 0.25) is 0 Å². The van der Waals surface area contributed by atoms with Crippen LogP contribution in [-0.4, -0.2) is 24.6 Å². The lowest BCUT2D eigenvalue weighted by Gasteiger charge is -2.41. The molecule has 1 heterocycles. The minimum absolute atomic E-state index is 0.206. The second-order valence-electron chi connectivity index (χ2n) is 16.1. The number of hydrogen-bond donors (Lipinski definition) is 0. The van der Waals surface area contributed by atoms with E-state index in [1.807, 2.05) is 30.3 Å². The zero-order chi connectivity index (χ0) is 37.5. The Labute approximate surface area is 309 Å². The lowest BCUT2D eigenvalue weighted by molar-refractivity contribution is 0.378. The van der Waals surface area contributed by atoms with Crippen molar-refractivity contribution in [2.45, 2.75) is 116 Å². The van der Waals surface area contributed by atoms with E-state index < -0.39 is 26.5 Å². The molecule has 0 fully saturated rings. The van der Waals surface area contributed by atoms with Crippen LogP contribution in [0.15, 0.2) is 78.2 Å². The van der Waals surface area contributed by atoms with Crippen LogP contribution in [-0.2, 0) is 18.8 Å². The fourth-order valence-corrected chi connectivity index (χ4v) is 22.5. The molecule has 4 nitrogen and oxygen atoms in total. The van der Waals surface area contributed by atoms with E-state index >= 15 is 0 Å². The second-order valence-corrected chi connectivity index (χ2v) is 28.6. The first kappa shape index (κ1) is 38.6. The molecule has 1 aliphatic heterocycles. The molecule has 0 radical (unpaired) electrons. The fourth-order valence-electron chi connectivity index (χ4n) is 9.55. The van der Waals surface area contributed by atoms with Gasteiger partial charge in [-0.1, -0.05) is 168 Å². The zero-order valence-electron chi connectivity index (χ0n) is 32.6. The van der Waals surface area contributed by atoms with E-state index in [1.165, 1.54) is 0 Å². The Bertz CT molecular complexity index is 2100. The molecule has 0 bridgehead atoms. The molecule has 270 valence electrons. The van der Waals surface area contributed by atoms with Gasteiger partial charge in [0.1, 0.15) is 21.5 Å². The molecule has 0 N–H and O–H groups in total. The molecule has 7 heteroatoms. The van der Waals surface area contributed by atoms with Crippen molar-refractivity contribution in [1.82, 2.24) is 0 Å². The Kier molecular flexibility index (Phi) is 11.2. The number of fused-ring (bicyclic) bond motifs is 2. The summed E-state index contributed by atoms with van der Waals surface area (Å²) in [6.07, 6.45) is 4.26. The highest BCUT2D eigenvalue weighted by Gasteiger charge is 2.55. The van der Waals surface area contributed by atoms with Crippen molar-refractivity contribution < 1.29 is 16.8 Å². The Morgan fingerprint density at radius 1 is 0.569 bits per heavy atom. The van der Waals surface area contributed by atoms with Crippen LogP contribution >= 0.6 is 0 Å². The highest BCUT2D eigenvalue weighted by molar-refractivity contribution is 7.82. The van der Waals surface area contributed by atoms with Crippen LogP contribution < -0.4 is 0 Å². The molecule has 0 aromatic heterocycles. The summed E-state index contributed by atoms with van der Waals surface area (Å²) in [7, 11) is -9.03. The van der Waals surface area contributed by atoms with Crippen LogP contribution in [0.2, 0.25) is 33.2 Å². The van der Waals surface area contributed by atoms with Gasteiger partial charge in [0.05, 0.1) is 0 Å². The number of hydrogen-bond acceptors (Lipinski definition) is 4. The maximum absolute atomic E-state index is 13.5. The van der Waals surface area contributed by atoms with Crippen molar-refractivity contribution in [3.8, 4) is 11.5 Å². The van der Waals surface area contributed by atoms with E-state index in [0.717, 1.165) is 43.8 Å². The van der Waals surface area contributed by atoms with Gasteiger partial charge >= 0.3 is 10.4 Å². The number of rotatable bonds is 10. The quantitative estimate of drug-likeness (QED) is 0.0704. The first-order valence-electron chi connectivity index (χ1n) is 18.6. The van der Waals surface area contributed by atoms with Crippen LogP contribution in [0.5, 0.6) is 0 Å². The van der Waals surface area contributed by atoms with Gasteiger partial charge in [0, 0.05) is 11.1 Å². The van der Waals surface area contributed by atoms with Crippen LogP contribution in [0.3, 0.4) is 0 Å². The maximum atomic E-state index is 13.5. The predicted molar refractivity (Wildman–Crippen MR) is 224 cm³/mol. The van der Waals surface area contributed by atoms with Crippen molar-refractivity contribution in [1.29, 1.82) is 0 Å². The second kappa shape index (κ2) is 14.8. The van der Waals surface area contributed by atoms with Gasteiger partial charge in [0.15, 0.2) is 5.76 Å². The van der Waals surface area contributed by atoms with E-state index in [4.69, 9.17) is 8.37 Å². The third-order valence-corrected chi connectivity index (χ3v) is 25.7. The Balaban J connectivity index is 1.97. The molecule has 0 saturated heterocycles. The van der Waals surface area contributed by atoms with Crippen LogP contribution in [0.1, 0.15) is 105 Å². The van der Waals surface area contributed by atoms with Gasteiger partial charge in [-0.15, -0.1) is 14.0 Å². The first-order valence-corrected chi connectivity index (χ1v) is 24.4. The minimum Gasteiger partial charge on any atom is -0.359 e. The molecule has 0 aliphatic carbocycles. The summed E-state index contributed by atoms with van der Waals surface area (Å²) in [5, 5.41) is 4.33. The van der Waals surface area contributed by atoms with Gasteiger partial charge < -0.3 is 8.37 Å². The average Bonchev–Trinajstić information content (AvgIpc) is 3.37. The molecule has 4 aromatic rings. The Morgan fingerprint density at radius 3 is 1.63 bits per heavy atom. The SMILES string of the molecule is CC(C)[Si](C#Cc1c2ccccc2c(C2=C([Si](C(C)C)(C(C)C)C(C)C)OS(=O)(=O)O2)c2ccc(/C=C/c3ccccc3)cc12)(C(C)C)C(C)C. The summed E-state index contributed by atoms with van der Waals surface area (Å²) in [4.78, 5) is 0. The molecular formula is C44H56O4SSi2. The Morgan fingerprint density at radius 2 is 1.08 bits per heavy atom. The van der Waals surface area contributed by atoms with Gasteiger partial charge in [-0.3, -0.25) is 0 Å². The van der Waals surface area contributed by atoms with Crippen LogP contribution in [0.4, 0.5) is 0 Å². The summed E-state index contributed by atoms with van der Waals surface area (Å²) in [5.74, 6) is 4.19. The van der Waals surface area contributed by atoms with Gasteiger partial charge in [0.25, 0.3) is 0 Å². The monoisotopic (exact) mass is 736 g/mol. The van der Waals surface area contributed by atoms with E-state index in [2.05, 4.69) is 149 Å². The zero-order valence-corrected chi connectivity index (χ0v) is 35.4. The van der Waals surface area contributed by atoms with Crippen LogP contribution in [0, 0.1) is 11.5 Å². The van der Waals surface area contributed by atoms with E-state index in [-0.39, 0.29) is 16.6 Å². The van der Waals surface area contributed by atoms with E-state index in [1.54, 1.807) is 0 Å². The first-order chi connectivity index (χ1) is 24.0. The lowest BCUT2D eigenvalue weighted by Crippen LogP contribution is -2.47. The maximum Gasteiger partial charge on any atom is 0.500 e. The summed E-state index contributed by atoms with van der Waals surface area (Å²) in [5.41, 5.74) is 9.96. The van der Waals surface area contributed by atoms with Crippen molar-refractivity contribution in [3.05, 3.63) is 100 Å². The summed E-state index contributed by atoms with van der Waals surface area (Å²) < 4.78 is 39.0. The summed E-state index contributed by atoms with van der Waals surface area (Å²) in [6.45, 7) is 27.3. The predicted octanol–water partition coefficient (Wildman–Crippen LogP) is 12.9. The van der Waals surface area contributed by atoms with Crippen molar-refractivity contribution in [3.63, 3.8) is 0 Å². The standard InChI is InChI=1S/C44H56O4SSi2/c1-29(2)50(30(3)4,31(5)6)27-26-38-37-20-16-17-21-39(37)42(40-25-24-36(28-41(38)40)23-22-35-18-14-13-15-19-35)43-44(48-49(45,46)47-43)51(32(7)8,33(9)10)34(11)12/h13-25,28-34H,1-12H3/b23-22+. The molecule has 1 aliphatic rings. The molecule has 0 saturated carbocycles. The smallest absolute Gasteiger partial charge is 0.359 e. The van der Waals surface area contributed by atoms with E-state index in [0.29, 0.717) is 27.8 Å². The van der Waals surface area contributed by atoms with Crippen LogP contribution in [0.25, 0.3) is 39.5 Å². The topological polar surface area (TPSA) is 52.6 Å². The molecular weight excluding hydrogens is 681 g/mol.